The van der Waals surface area contributed by atoms with Gasteiger partial charge >= 0.3 is 0 Å². The van der Waals surface area contributed by atoms with E-state index in [1.54, 1.807) is 42.5 Å². The maximum absolute atomic E-state index is 14.6. The van der Waals surface area contributed by atoms with Crippen LogP contribution < -0.4 is 5.56 Å². The summed E-state index contributed by atoms with van der Waals surface area (Å²) in [7, 11) is 0. The molecule has 1 aromatic heterocycles. The summed E-state index contributed by atoms with van der Waals surface area (Å²) in [5.41, 5.74) is 1.65. The Balaban J connectivity index is 1.31. The van der Waals surface area contributed by atoms with Gasteiger partial charge in [0.1, 0.15) is 5.82 Å². The molecule has 0 bridgehead atoms. The fraction of sp³-hybridized carbons (Fsp3) is 0.250. The minimum Gasteiger partial charge on any atom is -0.342 e. The zero-order valence-corrected chi connectivity index (χ0v) is 20.1. The predicted molar refractivity (Wildman–Crippen MR) is 137 cm³/mol. The Hall–Kier alpha value is -3.45. The second kappa shape index (κ2) is 10.4. The van der Waals surface area contributed by atoms with Crippen LogP contribution in [0.2, 0.25) is 0 Å². The number of benzene rings is 3. The number of aromatic nitrogens is 2. The zero-order chi connectivity index (χ0) is 24.2. The van der Waals surface area contributed by atoms with Gasteiger partial charge in [0.05, 0.1) is 22.3 Å². The molecule has 0 radical (unpaired) electrons. The minimum absolute atomic E-state index is 0.00986. The van der Waals surface area contributed by atoms with Crippen molar-refractivity contribution < 1.29 is 9.18 Å². The highest BCUT2D eigenvalue weighted by atomic mass is 32.2. The van der Waals surface area contributed by atoms with Crippen molar-refractivity contribution >= 4 is 28.6 Å². The number of thioether (sulfide) groups is 1. The first-order valence-corrected chi connectivity index (χ1v) is 12.8. The van der Waals surface area contributed by atoms with Crippen molar-refractivity contribution in [2.75, 3.05) is 18.8 Å². The van der Waals surface area contributed by atoms with Crippen LogP contribution in [0.25, 0.3) is 16.6 Å². The summed E-state index contributed by atoms with van der Waals surface area (Å²) in [5.74, 6) is 0.210. The molecule has 178 valence electrons. The molecule has 1 fully saturated rings. The van der Waals surface area contributed by atoms with E-state index in [2.05, 4.69) is 29.2 Å². The van der Waals surface area contributed by atoms with Crippen LogP contribution in [0.3, 0.4) is 0 Å². The van der Waals surface area contributed by atoms with Crippen molar-refractivity contribution in [2.24, 2.45) is 5.92 Å². The number of likely N-dealkylation sites (tertiary alicyclic amines) is 1. The third kappa shape index (κ3) is 5.15. The number of amides is 1. The highest BCUT2D eigenvalue weighted by Gasteiger charge is 2.24. The van der Waals surface area contributed by atoms with Crippen LogP contribution in [-0.4, -0.2) is 39.2 Å². The molecule has 0 saturated carbocycles. The topological polar surface area (TPSA) is 55.2 Å². The predicted octanol–water partition coefficient (Wildman–Crippen LogP) is 5.10. The first-order valence-electron chi connectivity index (χ1n) is 11.8. The Morgan fingerprint density at radius 2 is 1.63 bits per heavy atom. The first kappa shape index (κ1) is 23.3. The van der Waals surface area contributed by atoms with Gasteiger partial charge in [-0.25, -0.2) is 9.37 Å². The van der Waals surface area contributed by atoms with Crippen molar-refractivity contribution in [3.8, 4) is 5.69 Å². The lowest BCUT2D eigenvalue weighted by molar-refractivity contribution is -0.129. The Morgan fingerprint density at radius 1 is 0.943 bits per heavy atom. The lowest BCUT2D eigenvalue weighted by atomic mass is 9.90. The average molecular weight is 488 g/mol. The normalized spacial score (nSPS) is 14.4. The summed E-state index contributed by atoms with van der Waals surface area (Å²) in [6.07, 6.45) is 2.98. The molecule has 0 spiro atoms. The third-order valence-corrected chi connectivity index (χ3v) is 7.42. The van der Waals surface area contributed by atoms with Gasteiger partial charge in [0.25, 0.3) is 5.56 Å². The molecule has 0 aliphatic carbocycles. The van der Waals surface area contributed by atoms with Crippen molar-refractivity contribution in [1.29, 1.82) is 0 Å². The van der Waals surface area contributed by atoms with E-state index < -0.39 is 5.82 Å². The van der Waals surface area contributed by atoms with Gasteiger partial charge in [-0.2, -0.15) is 0 Å². The lowest BCUT2D eigenvalue weighted by Crippen LogP contribution is -2.40. The molecule has 7 heteroatoms. The van der Waals surface area contributed by atoms with Gasteiger partial charge in [-0.05, 0) is 55.0 Å². The molecular weight excluding hydrogens is 461 g/mol. The van der Waals surface area contributed by atoms with Crippen LogP contribution in [0, 0.1) is 11.7 Å². The summed E-state index contributed by atoms with van der Waals surface area (Å²) in [5, 5.41) is 0.720. The number of fused-ring (bicyclic) bond motifs is 1. The molecule has 1 amide bonds. The molecule has 5 nitrogen and oxygen atoms in total. The third-order valence-electron chi connectivity index (χ3n) is 6.50. The summed E-state index contributed by atoms with van der Waals surface area (Å²) >= 11 is 1.18. The number of nitrogens with zero attached hydrogens (tertiary/aromatic N) is 3. The molecule has 2 heterocycles. The monoisotopic (exact) mass is 487 g/mol. The summed E-state index contributed by atoms with van der Waals surface area (Å²) in [4.78, 5) is 32.8. The van der Waals surface area contributed by atoms with Gasteiger partial charge in [-0.15, -0.1) is 0 Å². The SMILES string of the molecule is O=C(CSc1nc2ccccc2c(=O)n1-c1ccccc1F)N1CCC(Cc2ccccc2)CC1. The van der Waals surface area contributed by atoms with E-state index in [-0.39, 0.29) is 22.9 Å². The molecule has 0 N–H and O–H groups in total. The quantitative estimate of drug-likeness (QED) is 0.281. The Morgan fingerprint density at radius 3 is 2.40 bits per heavy atom. The summed E-state index contributed by atoms with van der Waals surface area (Å²) in [6, 6.07) is 23.6. The van der Waals surface area contributed by atoms with Gasteiger partial charge in [-0.3, -0.25) is 14.2 Å². The Labute approximate surface area is 207 Å². The molecule has 1 aliphatic rings. The number of piperidine rings is 1. The van der Waals surface area contributed by atoms with Gasteiger partial charge < -0.3 is 4.90 Å². The fourth-order valence-corrected chi connectivity index (χ4v) is 5.51. The van der Waals surface area contributed by atoms with Crippen molar-refractivity contribution in [2.45, 2.75) is 24.4 Å². The smallest absolute Gasteiger partial charge is 0.266 e. The van der Waals surface area contributed by atoms with Crippen LogP contribution >= 0.6 is 11.8 Å². The maximum atomic E-state index is 14.6. The highest BCUT2D eigenvalue weighted by molar-refractivity contribution is 7.99. The number of hydrogen-bond donors (Lipinski definition) is 0. The van der Waals surface area contributed by atoms with E-state index in [9.17, 15) is 14.0 Å². The van der Waals surface area contributed by atoms with Crippen LogP contribution in [0.1, 0.15) is 18.4 Å². The first-order chi connectivity index (χ1) is 17.1. The maximum Gasteiger partial charge on any atom is 0.266 e. The van der Waals surface area contributed by atoms with Gasteiger partial charge in [0.2, 0.25) is 5.91 Å². The Bertz CT molecular complexity index is 1400. The average Bonchev–Trinajstić information content (AvgIpc) is 2.89. The van der Waals surface area contributed by atoms with Gasteiger partial charge in [0.15, 0.2) is 5.16 Å². The number of carbonyl (C=O) groups is 1. The molecule has 0 atom stereocenters. The fourth-order valence-electron chi connectivity index (χ4n) is 4.61. The van der Waals surface area contributed by atoms with E-state index in [4.69, 9.17) is 0 Å². The minimum atomic E-state index is -0.514. The zero-order valence-electron chi connectivity index (χ0n) is 19.3. The molecule has 5 rings (SSSR count). The highest BCUT2D eigenvalue weighted by Crippen LogP contribution is 2.25. The van der Waals surface area contributed by atoms with E-state index in [1.165, 1.54) is 28.0 Å². The van der Waals surface area contributed by atoms with Crippen LogP contribution in [-0.2, 0) is 11.2 Å². The van der Waals surface area contributed by atoms with Crippen molar-refractivity contribution in [3.05, 3.63) is 101 Å². The van der Waals surface area contributed by atoms with Gasteiger partial charge in [-0.1, -0.05) is 66.4 Å². The number of hydrogen-bond acceptors (Lipinski definition) is 4. The second-order valence-corrected chi connectivity index (χ2v) is 9.75. The standard InChI is InChI=1S/C28H26FN3O2S/c29-23-11-5-7-13-25(23)32-27(34)22-10-4-6-12-24(22)30-28(32)35-19-26(33)31-16-14-21(15-17-31)18-20-8-2-1-3-9-20/h1-13,21H,14-19H2. The van der Waals surface area contributed by atoms with Crippen LogP contribution in [0.4, 0.5) is 4.39 Å². The molecule has 3 aromatic carbocycles. The molecule has 1 saturated heterocycles. The molecule has 1 aliphatic heterocycles. The van der Waals surface area contributed by atoms with Gasteiger partial charge in [0, 0.05) is 13.1 Å². The number of halogens is 1. The van der Waals surface area contributed by atoms with E-state index in [0.717, 1.165) is 32.4 Å². The summed E-state index contributed by atoms with van der Waals surface area (Å²) < 4.78 is 15.9. The molecular formula is C28H26FN3O2S. The summed E-state index contributed by atoms with van der Waals surface area (Å²) in [6.45, 7) is 1.45. The Kier molecular flexibility index (Phi) is 6.95. The molecule has 4 aromatic rings. The van der Waals surface area contributed by atoms with Crippen molar-refractivity contribution in [1.82, 2.24) is 14.5 Å². The number of rotatable bonds is 6. The van der Waals surface area contributed by atoms with Crippen LogP contribution in [0.5, 0.6) is 0 Å². The largest absolute Gasteiger partial charge is 0.342 e. The lowest BCUT2D eigenvalue weighted by Gasteiger charge is -2.32. The van der Waals surface area contributed by atoms with Crippen LogP contribution in [0.15, 0.2) is 88.8 Å². The van der Waals surface area contributed by atoms with E-state index >= 15 is 0 Å². The molecule has 35 heavy (non-hydrogen) atoms. The second-order valence-electron chi connectivity index (χ2n) is 8.81. The number of para-hydroxylation sites is 2. The van der Waals surface area contributed by atoms with E-state index in [0.29, 0.717) is 22.0 Å². The van der Waals surface area contributed by atoms with Crippen molar-refractivity contribution in [3.63, 3.8) is 0 Å². The van der Waals surface area contributed by atoms with E-state index in [1.807, 2.05) is 11.0 Å². The molecule has 0 unspecified atom stereocenters. The number of carbonyl (C=O) groups excluding carboxylic acids is 1.